The van der Waals surface area contributed by atoms with E-state index in [0.29, 0.717) is 6.26 Å². The molecule has 0 N–H and O–H groups in total. The third-order valence-corrected chi connectivity index (χ3v) is 2.35. The van der Waals surface area contributed by atoms with Gasteiger partial charge in [-0.3, -0.25) is 0 Å². The van der Waals surface area contributed by atoms with E-state index in [2.05, 4.69) is 4.98 Å². The summed E-state index contributed by atoms with van der Waals surface area (Å²) in [5.41, 5.74) is 0. The summed E-state index contributed by atoms with van der Waals surface area (Å²) in [5, 5.41) is 0. The van der Waals surface area contributed by atoms with Crippen LogP contribution in [-0.4, -0.2) is 19.7 Å². The molecule has 3 nitrogen and oxygen atoms in total. The molecule has 0 aliphatic carbocycles. The van der Waals surface area contributed by atoms with Crippen molar-refractivity contribution in [1.82, 2.24) is 4.98 Å². The maximum Gasteiger partial charge on any atom is 0.234 e. The second-order valence-electron chi connectivity index (χ2n) is 2.31. The van der Waals surface area contributed by atoms with E-state index in [1.807, 2.05) is 0 Å². The molecule has 0 amide bonds. The van der Waals surface area contributed by atoms with E-state index in [0.717, 1.165) is 0 Å². The number of nitrogens with zero attached hydrogens (tertiary/aromatic N) is 1. The van der Waals surface area contributed by atoms with Gasteiger partial charge in [-0.25, -0.2) is 22.2 Å². The van der Waals surface area contributed by atoms with Crippen molar-refractivity contribution in [3.8, 4) is 0 Å². The van der Waals surface area contributed by atoms with Crippen molar-refractivity contribution in [2.45, 2.75) is 4.90 Å². The molecular formula is C6H4F3NO2S. The standard InChI is InChI=1S/C6H4F3NO2S/c1-13(11,12)5-4(8)3(7)2-10-6(5)9/h2H,1H3. The maximum absolute atomic E-state index is 12.7. The van der Waals surface area contributed by atoms with Crippen LogP contribution in [0.3, 0.4) is 0 Å². The zero-order valence-corrected chi connectivity index (χ0v) is 7.20. The van der Waals surface area contributed by atoms with Gasteiger partial charge in [0.1, 0.15) is 0 Å². The average molecular weight is 211 g/mol. The van der Waals surface area contributed by atoms with E-state index in [9.17, 15) is 21.6 Å². The first-order valence-electron chi connectivity index (χ1n) is 3.03. The van der Waals surface area contributed by atoms with Crippen LogP contribution < -0.4 is 0 Å². The largest absolute Gasteiger partial charge is 0.234 e. The molecule has 0 saturated heterocycles. The number of halogens is 3. The Bertz CT molecular complexity index is 443. The summed E-state index contributed by atoms with van der Waals surface area (Å²) < 4.78 is 59.3. The molecule has 0 bridgehead atoms. The van der Waals surface area contributed by atoms with Gasteiger partial charge in [0.15, 0.2) is 26.4 Å². The van der Waals surface area contributed by atoms with Gasteiger partial charge in [0, 0.05) is 6.26 Å². The van der Waals surface area contributed by atoms with E-state index >= 15 is 0 Å². The molecule has 1 aromatic rings. The Balaban J connectivity index is 3.62. The van der Waals surface area contributed by atoms with Crippen molar-refractivity contribution in [3.63, 3.8) is 0 Å². The Kier molecular flexibility index (Phi) is 2.29. The molecule has 0 aromatic carbocycles. The summed E-state index contributed by atoms with van der Waals surface area (Å²) in [6.45, 7) is 0. The third kappa shape index (κ3) is 1.80. The second-order valence-corrected chi connectivity index (χ2v) is 4.26. The first-order valence-corrected chi connectivity index (χ1v) is 4.92. The predicted molar refractivity (Wildman–Crippen MR) is 37.2 cm³/mol. The van der Waals surface area contributed by atoms with Gasteiger partial charge in [-0.15, -0.1) is 0 Å². The molecule has 0 aliphatic heterocycles. The lowest BCUT2D eigenvalue weighted by Gasteiger charge is -2.01. The Labute approximate surface area is 72.1 Å². The summed E-state index contributed by atoms with van der Waals surface area (Å²) in [6.07, 6.45) is 0.842. The number of rotatable bonds is 1. The summed E-state index contributed by atoms with van der Waals surface area (Å²) in [6, 6.07) is 0. The van der Waals surface area contributed by atoms with Crippen LogP contribution in [0.2, 0.25) is 0 Å². The number of hydrogen-bond donors (Lipinski definition) is 0. The Morgan fingerprint density at radius 3 is 2.23 bits per heavy atom. The highest BCUT2D eigenvalue weighted by Gasteiger charge is 2.23. The maximum atomic E-state index is 12.7. The fraction of sp³-hybridized carbons (Fsp3) is 0.167. The van der Waals surface area contributed by atoms with Crippen LogP contribution in [0.25, 0.3) is 0 Å². The molecule has 1 heterocycles. The smallest absolute Gasteiger partial charge is 0.224 e. The van der Waals surface area contributed by atoms with Crippen molar-refractivity contribution in [2.75, 3.05) is 6.26 Å². The fourth-order valence-electron chi connectivity index (χ4n) is 0.743. The highest BCUT2D eigenvalue weighted by Crippen LogP contribution is 2.18. The molecule has 0 radical (unpaired) electrons. The Morgan fingerprint density at radius 2 is 1.85 bits per heavy atom. The van der Waals surface area contributed by atoms with Crippen LogP contribution in [-0.2, 0) is 9.84 Å². The van der Waals surface area contributed by atoms with Crippen LogP contribution in [0.4, 0.5) is 13.2 Å². The van der Waals surface area contributed by atoms with Gasteiger partial charge in [-0.1, -0.05) is 0 Å². The lowest BCUT2D eigenvalue weighted by Crippen LogP contribution is -2.08. The highest BCUT2D eigenvalue weighted by molar-refractivity contribution is 7.90. The Hall–Kier alpha value is -1.11. The number of aromatic nitrogens is 1. The molecule has 1 rings (SSSR count). The molecule has 13 heavy (non-hydrogen) atoms. The van der Waals surface area contributed by atoms with Gasteiger partial charge in [0.25, 0.3) is 0 Å². The molecule has 0 saturated carbocycles. The molecule has 0 aliphatic rings. The molecule has 0 unspecified atom stereocenters. The SMILES string of the molecule is CS(=O)(=O)c1c(F)ncc(F)c1F. The first kappa shape index (κ1) is 9.97. The molecule has 72 valence electrons. The molecular weight excluding hydrogens is 207 g/mol. The third-order valence-electron chi connectivity index (χ3n) is 1.26. The minimum absolute atomic E-state index is 0.277. The van der Waals surface area contributed by atoms with E-state index in [4.69, 9.17) is 0 Å². The summed E-state index contributed by atoms with van der Waals surface area (Å²) >= 11 is 0. The van der Waals surface area contributed by atoms with E-state index in [1.54, 1.807) is 0 Å². The summed E-state index contributed by atoms with van der Waals surface area (Å²) in [7, 11) is -4.14. The fourth-order valence-corrected chi connectivity index (χ4v) is 1.53. The van der Waals surface area contributed by atoms with Gasteiger partial charge < -0.3 is 0 Å². The molecule has 1 aromatic heterocycles. The minimum atomic E-state index is -4.14. The zero-order valence-electron chi connectivity index (χ0n) is 6.38. The summed E-state index contributed by atoms with van der Waals surface area (Å²) in [4.78, 5) is 1.40. The quantitative estimate of drug-likeness (QED) is 0.648. The number of sulfone groups is 1. The highest BCUT2D eigenvalue weighted by atomic mass is 32.2. The zero-order chi connectivity index (χ0) is 10.2. The average Bonchev–Trinajstić information content (AvgIpc) is 1.95. The normalized spacial score (nSPS) is 11.7. The van der Waals surface area contributed by atoms with Crippen LogP contribution in [0, 0.1) is 17.6 Å². The molecule has 0 spiro atoms. The van der Waals surface area contributed by atoms with E-state index < -0.39 is 32.3 Å². The van der Waals surface area contributed by atoms with Crippen molar-refractivity contribution in [1.29, 1.82) is 0 Å². The van der Waals surface area contributed by atoms with E-state index in [-0.39, 0.29) is 6.20 Å². The van der Waals surface area contributed by atoms with Crippen LogP contribution in [0.15, 0.2) is 11.1 Å². The molecule has 7 heteroatoms. The molecule has 0 atom stereocenters. The van der Waals surface area contributed by atoms with Gasteiger partial charge in [-0.2, -0.15) is 4.39 Å². The topological polar surface area (TPSA) is 47.0 Å². The van der Waals surface area contributed by atoms with Crippen molar-refractivity contribution in [2.24, 2.45) is 0 Å². The van der Waals surface area contributed by atoms with Crippen LogP contribution >= 0.6 is 0 Å². The number of hydrogen-bond acceptors (Lipinski definition) is 3. The van der Waals surface area contributed by atoms with Crippen LogP contribution in [0.1, 0.15) is 0 Å². The van der Waals surface area contributed by atoms with Crippen molar-refractivity contribution >= 4 is 9.84 Å². The summed E-state index contributed by atoms with van der Waals surface area (Å²) in [5.74, 6) is -4.78. The second kappa shape index (κ2) is 2.99. The monoisotopic (exact) mass is 211 g/mol. The van der Waals surface area contributed by atoms with Crippen molar-refractivity contribution in [3.05, 3.63) is 23.8 Å². The Morgan fingerprint density at radius 1 is 1.31 bits per heavy atom. The minimum Gasteiger partial charge on any atom is -0.224 e. The lowest BCUT2D eigenvalue weighted by atomic mass is 10.4. The van der Waals surface area contributed by atoms with Crippen molar-refractivity contribution < 1.29 is 21.6 Å². The predicted octanol–water partition coefficient (Wildman–Crippen LogP) is 0.902. The van der Waals surface area contributed by atoms with Crippen LogP contribution in [0.5, 0.6) is 0 Å². The van der Waals surface area contributed by atoms with E-state index in [1.165, 1.54) is 0 Å². The van der Waals surface area contributed by atoms with Gasteiger partial charge in [0.05, 0.1) is 6.20 Å². The van der Waals surface area contributed by atoms with Gasteiger partial charge in [0.2, 0.25) is 5.95 Å². The number of pyridine rings is 1. The van der Waals surface area contributed by atoms with Gasteiger partial charge in [-0.05, 0) is 0 Å². The first-order chi connectivity index (χ1) is 5.84. The molecule has 0 fully saturated rings. The lowest BCUT2D eigenvalue weighted by molar-refractivity contribution is 0.440. The van der Waals surface area contributed by atoms with Gasteiger partial charge >= 0.3 is 0 Å².